The molecule has 1 N–H and O–H groups in total. The Morgan fingerprint density at radius 2 is 1.90 bits per heavy atom. The van der Waals surface area contributed by atoms with Crippen molar-refractivity contribution < 1.29 is 9.59 Å². The third-order valence-corrected chi connectivity index (χ3v) is 7.26. The van der Waals surface area contributed by atoms with Gasteiger partial charge in [0.2, 0.25) is 16.9 Å². The van der Waals surface area contributed by atoms with Crippen LogP contribution in [0.1, 0.15) is 23.1 Å². The summed E-state index contributed by atoms with van der Waals surface area (Å²) in [5.41, 5.74) is 3.63. The van der Waals surface area contributed by atoms with E-state index in [-0.39, 0.29) is 24.2 Å². The maximum Gasteiger partial charge on any atom is 0.231 e. The van der Waals surface area contributed by atoms with Crippen LogP contribution in [0.5, 0.6) is 0 Å². The number of anilines is 1. The van der Waals surface area contributed by atoms with Crippen LogP contribution in [0.3, 0.4) is 0 Å². The summed E-state index contributed by atoms with van der Waals surface area (Å²) in [4.78, 5) is 26.8. The summed E-state index contributed by atoms with van der Waals surface area (Å²) in [5.74, 6) is 0.316. The second-order valence-electron chi connectivity index (χ2n) is 7.61. The van der Waals surface area contributed by atoms with Gasteiger partial charge in [0, 0.05) is 25.3 Å². The summed E-state index contributed by atoms with van der Waals surface area (Å²) >= 11 is 2.95. The highest BCUT2D eigenvalue weighted by Crippen LogP contribution is 2.29. The van der Waals surface area contributed by atoms with Crippen molar-refractivity contribution in [2.24, 2.45) is 5.92 Å². The minimum Gasteiger partial charge on any atom is -0.342 e. The number of benzene rings is 2. The number of carbonyl (C=O) groups is 2. The lowest BCUT2D eigenvalue weighted by Crippen LogP contribution is -2.30. The van der Waals surface area contributed by atoms with Crippen molar-refractivity contribution in [3.63, 3.8) is 0 Å². The predicted octanol–water partition coefficient (Wildman–Crippen LogP) is 4.17. The van der Waals surface area contributed by atoms with Crippen molar-refractivity contribution >= 4 is 40.0 Å². The molecule has 2 heterocycles. The van der Waals surface area contributed by atoms with Crippen LogP contribution in [-0.2, 0) is 21.8 Å². The van der Waals surface area contributed by atoms with Gasteiger partial charge < -0.3 is 10.2 Å². The van der Waals surface area contributed by atoms with E-state index in [0.29, 0.717) is 18.2 Å². The standard InChI is InChI=1S/C23H24N4O2S2/c1-16-7-9-17(10-8-16)11-12-27-14-19(13-20(27)28)21(29)24-22-25-26-23(31-22)30-15-18-5-3-2-4-6-18/h2-10,19H,11-15H2,1H3,(H,24,25,29). The molecule has 1 saturated heterocycles. The van der Waals surface area contributed by atoms with Crippen LogP contribution in [0.2, 0.25) is 0 Å². The van der Waals surface area contributed by atoms with Crippen LogP contribution in [0.4, 0.5) is 5.13 Å². The largest absolute Gasteiger partial charge is 0.342 e. The number of rotatable bonds is 8. The van der Waals surface area contributed by atoms with E-state index in [1.807, 2.05) is 18.2 Å². The molecule has 2 amide bonds. The van der Waals surface area contributed by atoms with Crippen molar-refractivity contribution in [1.29, 1.82) is 0 Å². The monoisotopic (exact) mass is 452 g/mol. The molecule has 4 rings (SSSR count). The molecule has 1 atom stereocenters. The van der Waals surface area contributed by atoms with Crippen LogP contribution >= 0.6 is 23.1 Å². The van der Waals surface area contributed by atoms with Gasteiger partial charge in [0.05, 0.1) is 5.92 Å². The smallest absolute Gasteiger partial charge is 0.231 e. The summed E-state index contributed by atoms with van der Waals surface area (Å²) in [7, 11) is 0. The highest BCUT2D eigenvalue weighted by atomic mass is 32.2. The molecule has 6 nitrogen and oxygen atoms in total. The van der Waals surface area contributed by atoms with Gasteiger partial charge in [-0.1, -0.05) is 83.3 Å². The average molecular weight is 453 g/mol. The number of hydrogen-bond donors (Lipinski definition) is 1. The molecule has 1 aliphatic heterocycles. The van der Waals surface area contributed by atoms with Gasteiger partial charge in [-0.05, 0) is 24.5 Å². The van der Waals surface area contributed by atoms with E-state index in [9.17, 15) is 9.59 Å². The zero-order valence-corrected chi connectivity index (χ0v) is 18.9. The SMILES string of the molecule is Cc1ccc(CCN2CC(C(=O)Nc3nnc(SCc4ccccc4)s3)CC2=O)cc1. The number of aromatic nitrogens is 2. The van der Waals surface area contributed by atoms with Crippen LogP contribution in [0.15, 0.2) is 58.9 Å². The van der Waals surface area contributed by atoms with Gasteiger partial charge in [-0.2, -0.15) is 0 Å². The molecular formula is C23H24N4O2S2. The van der Waals surface area contributed by atoms with E-state index >= 15 is 0 Å². The second-order valence-corrected chi connectivity index (χ2v) is 9.81. The molecule has 1 aliphatic rings. The third-order valence-electron chi connectivity index (χ3n) is 5.22. The highest BCUT2D eigenvalue weighted by Gasteiger charge is 2.34. The van der Waals surface area contributed by atoms with E-state index in [1.54, 1.807) is 16.7 Å². The van der Waals surface area contributed by atoms with E-state index in [2.05, 4.69) is 58.8 Å². The minimum absolute atomic E-state index is 0.0311. The number of hydrogen-bond acceptors (Lipinski definition) is 6. The fourth-order valence-corrected chi connectivity index (χ4v) is 5.14. The maximum absolute atomic E-state index is 12.6. The summed E-state index contributed by atoms with van der Waals surface area (Å²) < 4.78 is 0.807. The van der Waals surface area contributed by atoms with Gasteiger partial charge in [0.15, 0.2) is 4.34 Å². The van der Waals surface area contributed by atoms with Crippen molar-refractivity contribution in [1.82, 2.24) is 15.1 Å². The highest BCUT2D eigenvalue weighted by molar-refractivity contribution is 8.00. The molecule has 8 heteroatoms. The van der Waals surface area contributed by atoms with Crippen molar-refractivity contribution in [3.8, 4) is 0 Å². The van der Waals surface area contributed by atoms with Crippen molar-refractivity contribution in [2.75, 3.05) is 18.4 Å². The van der Waals surface area contributed by atoms with Crippen LogP contribution in [0, 0.1) is 12.8 Å². The van der Waals surface area contributed by atoms with Crippen LogP contribution in [0.25, 0.3) is 0 Å². The van der Waals surface area contributed by atoms with Gasteiger partial charge in [0.1, 0.15) is 0 Å². The quantitative estimate of drug-likeness (QED) is 0.410. The first-order valence-electron chi connectivity index (χ1n) is 10.2. The van der Waals surface area contributed by atoms with Gasteiger partial charge in [-0.15, -0.1) is 10.2 Å². The first-order valence-corrected chi connectivity index (χ1v) is 12.0. The zero-order valence-electron chi connectivity index (χ0n) is 17.3. The fourth-order valence-electron chi connectivity index (χ4n) is 3.43. The lowest BCUT2D eigenvalue weighted by Gasteiger charge is -2.16. The van der Waals surface area contributed by atoms with Gasteiger partial charge in [-0.25, -0.2) is 0 Å². The Bertz CT molecular complexity index is 1040. The summed E-state index contributed by atoms with van der Waals surface area (Å²) in [5, 5.41) is 11.5. The van der Waals surface area contributed by atoms with Crippen LogP contribution < -0.4 is 5.32 Å². The van der Waals surface area contributed by atoms with E-state index < -0.39 is 0 Å². The Labute approximate surface area is 190 Å². The van der Waals surface area contributed by atoms with E-state index in [1.165, 1.54) is 28.0 Å². The molecule has 1 aromatic heterocycles. The molecule has 2 aromatic carbocycles. The molecule has 160 valence electrons. The zero-order chi connectivity index (χ0) is 21.6. The van der Waals surface area contributed by atoms with Gasteiger partial charge in [0.25, 0.3) is 0 Å². The number of aryl methyl sites for hydroxylation is 1. The second kappa shape index (κ2) is 10.1. The minimum atomic E-state index is -0.352. The van der Waals surface area contributed by atoms with Gasteiger partial charge in [-0.3, -0.25) is 9.59 Å². The normalized spacial score (nSPS) is 16.0. The fraction of sp³-hybridized carbons (Fsp3) is 0.304. The molecular weight excluding hydrogens is 428 g/mol. The molecule has 0 bridgehead atoms. The number of likely N-dealkylation sites (tertiary alicyclic amines) is 1. The molecule has 0 spiro atoms. The van der Waals surface area contributed by atoms with Gasteiger partial charge >= 0.3 is 0 Å². The van der Waals surface area contributed by atoms with Crippen molar-refractivity contribution in [2.45, 2.75) is 29.9 Å². The first-order chi connectivity index (χ1) is 15.1. The molecule has 1 fully saturated rings. The van der Waals surface area contributed by atoms with E-state index in [0.717, 1.165) is 16.5 Å². The molecule has 0 saturated carbocycles. The number of thioether (sulfide) groups is 1. The Morgan fingerprint density at radius 3 is 2.68 bits per heavy atom. The van der Waals surface area contributed by atoms with Crippen LogP contribution in [-0.4, -0.2) is 40.0 Å². The molecule has 1 unspecified atom stereocenters. The number of nitrogens with zero attached hydrogens (tertiary/aromatic N) is 3. The molecule has 3 aromatic rings. The lowest BCUT2D eigenvalue weighted by atomic mass is 10.1. The topological polar surface area (TPSA) is 75.2 Å². The van der Waals surface area contributed by atoms with E-state index in [4.69, 9.17) is 0 Å². The molecule has 31 heavy (non-hydrogen) atoms. The summed E-state index contributed by atoms with van der Waals surface area (Å²) in [6, 6.07) is 18.5. The Kier molecular flexibility index (Phi) is 6.99. The lowest BCUT2D eigenvalue weighted by molar-refractivity contribution is -0.128. The molecule has 0 aliphatic carbocycles. The average Bonchev–Trinajstić information content (AvgIpc) is 3.39. The Morgan fingerprint density at radius 1 is 1.13 bits per heavy atom. The maximum atomic E-state index is 12.6. The first kappa shape index (κ1) is 21.5. The molecule has 0 radical (unpaired) electrons. The Balaban J connectivity index is 1.25. The van der Waals surface area contributed by atoms with Crippen molar-refractivity contribution in [3.05, 3.63) is 71.3 Å². The predicted molar refractivity (Wildman–Crippen MR) is 124 cm³/mol. The summed E-state index contributed by atoms with van der Waals surface area (Å²) in [6.45, 7) is 3.13. The third kappa shape index (κ3) is 5.92. The summed E-state index contributed by atoms with van der Waals surface area (Å²) in [6.07, 6.45) is 1.03. The number of nitrogens with one attached hydrogen (secondary N) is 1. The number of amides is 2. The Hall–Kier alpha value is -2.71. The number of carbonyl (C=O) groups excluding carboxylic acids is 2.